The molecule has 24 heavy (non-hydrogen) atoms. The summed E-state index contributed by atoms with van der Waals surface area (Å²) in [7, 11) is 1.28. The van der Waals surface area contributed by atoms with Crippen LogP contribution in [0, 0.1) is 0 Å². The monoisotopic (exact) mass is 356 g/mol. The van der Waals surface area contributed by atoms with Crippen molar-refractivity contribution >= 4 is 29.8 Å². The van der Waals surface area contributed by atoms with Crippen LogP contribution in [0.1, 0.15) is 26.5 Å². The van der Waals surface area contributed by atoms with Crippen LogP contribution in [0.2, 0.25) is 0 Å². The maximum Gasteiger partial charge on any atom is 0.408 e. The van der Waals surface area contributed by atoms with Crippen molar-refractivity contribution in [3.05, 3.63) is 18.0 Å². The second-order valence-corrected chi connectivity index (χ2v) is 7.10. The Labute approximate surface area is 145 Å². The van der Waals surface area contributed by atoms with Crippen LogP contribution in [0.3, 0.4) is 0 Å². The molecule has 0 aliphatic heterocycles. The Morgan fingerprint density at radius 2 is 2.12 bits per heavy atom. The van der Waals surface area contributed by atoms with E-state index in [1.165, 1.54) is 18.9 Å². The number of nitrogens with two attached hydrogens (primary N) is 1. The average molecular weight is 356 g/mol. The molecular formula is C15H24N4O4S. The fourth-order valence-electron chi connectivity index (χ4n) is 1.69. The Hall–Kier alpha value is -2.03. The number of esters is 1. The first-order valence-electron chi connectivity index (χ1n) is 7.44. The molecule has 0 saturated carbocycles. The fraction of sp³-hybridized carbons (Fsp3) is 0.600. The highest BCUT2D eigenvalue weighted by atomic mass is 32.2. The van der Waals surface area contributed by atoms with Crippen molar-refractivity contribution in [2.75, 3.05) is 24.3 Å². The van der Waals surface area contributed by atoms with E-state index in [4.69, 9.17) is 15.2 Å². The first kappa shape index (κ1) is 20.0. The van der Waals surface area contributed by atoms with Crippen LogP contribution in [0.25, 0.3) is 0 Å². The van der Waals surface area contributed by atoms with Gasteiger partial charge in [-0.05, 0) is 39.0 Å². The van der Waals surface area contributed by atoms with Crippen molar-refractivity contribution in [1.82, 2.24) is 15.3 Å². The van der Waals surface area contributed by atoms with Crippen LogP contribution in [0.5, 0.6) is 0 Å². The Kier molecular flexibility index (Phi) is 7.76. The van der Waals surface area contributed by atoms with Gasteiger partial charge in [-0.2, -0.15) is 11.8 Å². The van der Waals surface area contributed by atoms with E-state index in [1.807, 2.05) is 0 Å². The number of alkyl carbamates (subject to hydrolysis) is 1. The van der Waals surface area contributed by atoms with E-state index >= 15 is 0 Å². The van der Waals surface area contributed by atoms with Gasteiger partial charge < -0.3 is 20.5 Å². The largest absolute Gasteiger partial charge is 0.467 e. The van der Waals surface area contributed by atoms with Gasteiger partial charge in [-0.3, -0.25) is 0 Å². The predicted octanol–water partition coefficient (Wildman–Crippen LogP) is 1.40. The van der Waals surface area contributed by atoms with Crippen molar-refractivity contribution in [3.8, 4) is 0 Å². The number of nitrogens with one attached hydrogen (secondary N) is 1. The van der Waals surface area contributed by atoms with E-state index in [1.54, 1.807) is 33.0 Å². The molecule has 1 aromatic rings. The van der Waals surface area contributed by atoms with Crippen molar-refractivity contribution in [2.45, 2.75) is 38.8 Å². The van der Waals surface area contributed by atoms with Crippen molar-refractivity contribution in [3.63, 3.8) is 0 Å². The van der Waals surface area contributed by atoms with Gasteiger partial charge in [-0.25, -0.2) is 19.6 Å². The summed E-state index contributed by atoms with van der Waals surface area (Å²) in [5.41, 5.74) is 5.71. The van der Waals surface area contributed by atoms with E-state index < -0.39 is 23.7 Å². The molecule has 0 aliphatic rings. The topological polar surface area (TPSA) is 116 Å². The zero-order valence-electron chi connectivity index (χ0n) is 14.4. The number of rotatable bonds is 7. The number of nitrogens with zero attached hydrogens (tertiary/aromatic N) is 2. The molecule has 3 N–H and O–H groups in total. The van der Waals surface area contributed by atoms with E-state index in [-0.39, 0.29) is 5.95 Å². The standard InChI is InChI=1S/C15H24N4O4S/c1-15(2,3)23-14(21)19-11(12(20)22-4)9-24-8-6-10-5-7-17-13(16)18-10/h5,7,11H,6,8-9H2,1-4H3,(H,19,21)(H2,16,17,18). The summed E-state index contributed by atoms with van der Waals surface area (Å²) in [6.45, 7) is 5.26. The van der Waals surface area contributed by atoms with E-state index in [9.17, 15) is 9.59 Å². The van der Waals surface area contributed by atoms with Gasteiger partial charge in [0.15, 0.2) is 0 Å². The molecule has 1 amide bonds. The zero-order valence-corrected chi connectivity index (χ0v) is 15.2. The summed E-state index contributed by atoms with van der Waals surface area (Å²) >= 11 is 1.49. The molecule has 1 aromatic heterocycles. The maximum absolute atomic E-state index is 11.8. The zero-order chi connectivity index (χ0) is 18.2. The molecule has 1 heterocycles. The number of anilines is 1. The predicted molar refractivity (Wildman–Crippen MR) is 92.6 cm³/mol. The number of ether oxygens (including phenoxy) is 2. The van der Waals surface area contributed by atoms with Crippen LogP contribution < -0.4 is 11.1 Å². The van der Waals surface area contributed by atoms with E-state index in [0.717, 1.165) is 5.69 Å². The first-order chi connectivity index (χ1) is 11.2. The van der Waals surface area contributed by atoms with Crippen molar-refractivity contribution < 1.29 is 19.1 Å². The third-order valence-corrected chi connectivity index (χ3v) is 3.76. The third kappa shape index (κ3) is 8.00. The lowest BCUT2D eigenvalue weighted by atomic mass is 10.2. The number of aromatic nitrogens is 2. The Morgan fingerprint density at radius 1 is 1.42 bits per heavy atom. The molecule has 1 atom stereocenters. The van der Waals surface area contributed by atoms with Crippen molar-refractivity contribution in [2.24, 2.45) is 0 Å². The van der Waals surface area contributed by atoms with Gasteiger partial charge in [-0.15, -0.1) is 0 Å². The lowest BCUT2D eigenvalue weighted by Crippen LogP contribution is -2.45. The molecule has 0 fully saturated rings. The molecule has 1 unspecified atom stereocenters. The van der Waals surface area contributed by atoms with Crippen LogP contribution in [0.15, 0.2) is 12.3 Å². The number of aryl methyl sites for hydroxylation is 1. The molecule has 0 saturated heterocycles. The number of carbonyl (C=O) groups is 2. The summed E-state index contributed by atoms with van der Waals surface area (Å²) in [4.78, 5) is 31.5. The number of hydrogen-bond donors (Lipinski definition) is 2. The van der Waals surface area contributed by atoms with Gasteiger partial charge >= 0.3 is 12.1 Å². The summed E-state index contributed by atoms with van der Waals surface area (Å²) < 4.78 is 9.87. The maximum atomic E-state index is 11.8. The van der Waals surface area contributed by atoms with Gasteiger partial charge in [0.25, 0.3) is 0 Å². The molecule has 1 rings (SSSR count). The first-order valence-corrected chi connectivity index (χ1v) is 8.59. The summed E-state index contributed by atoms with van der Waals surface area (Å²) in [6, 6.07) is 1.01. The van der Waals surface area contributed by atoms with Crippen LogP contribution in [-0.2, 0) is 20.7 Å². The molecule has 8 nitrogen and oxygen atoms in total. The number of amides is 1. The molecule has 0 aliphatic carbocycles. The number of methoxy groups -OCH3 is 1. The number of carbonyl (C=O) groups excluding carboxylic acids is 2. The highest BCUT2D eigenvalue weighted by Gasteiger charge is 2.24. The highest BCUT2D eigenvalue weighted by Crippen LogP contribution is 2.10. The molecule has 9 heteroatoms. The van der Waals surface area contributed by atoms with Gasteiger partial charge in [0.1, 0.15) is 11.6 Å². The SMILES string of the molecule is COC(=O)C(CSCCc1ccnc(N)n1)NC(=O)OC(C)(C)C. The van der Waals surface area contributed by atoms with Gasteiger partial charge in [-0.1, -0.05) is 0 Å². The van der Waals surface area contributed by atoms with Gasteiger partial charge in [0.05, 0.1) is 7.11 Å². The van der Waals surface area contributed by atoms with Crippen molar-refractivity contribution in [1.29, 1.82) is 0 Å². The molecule has 0 spiro atoms. The molecular weight excluding hydrogens is 332 g/mol. The molecule has 0 aromatic carbocycles. The van der Waals surface area contributed by atoms with Gasteiger partial charge in [0, 0.05) is 17.6 Å². The van der Waals surface area contributed by atoms with E-state index in [2.05, 4.69) is 15.3 Å². The Balaban J connectivity index is 2.45. The number of thioether (sulfide) groups is 1. The lowest BCUT2D eigenvalue weighted by molar-refractivity contribution is -0.142. The van der Waals surface area contributed by atoms with Crippen LogP contribution in [0.4, 0.5) is 10.7 Å². The second kappa shape index (κ2) is 9.31. The number of nitrogen functional groups attached to an aromatic ring is 1. The summed E-state index contributed by atoms with van der Waals surface area (Å²) in [5, 5.41) is 2.53. The summed E-state index contributed by atoms with van der Waals surface area (Å²) in [5.74, 6) is 0.794. The molecule has 134 valence electrons. The molecule has 0 radical (unpaired) electrons. The van der Waals surface area contributed by atoms with Crippen LogP contribution >= 0.6 is 11.8 Å². The fourth-order valence-corrected chi connectivity index (χ4v) is 2.67. The lowest BCUT2D eigenvalue weighted by Gasteiger charge is -2.22. The van der Waals surface area contributed by atoms with E-state index in [0.29, 0.717) is 17.9 Å². The van der Waals surface area contributed by atoms with Gasteiger partial charge in [0.2, 0.25) is 5.95 Å². The Morgan fingerprint density at radius 3 is 2.71 bits per heavy atom. The minimum Gasteiger partial charge on any atom is -0.467 e. The quantitative estimate of drug-likeness (QED) is 0.556. The third-order valence-electron chi connectivity index (χ3n) is 2.70. The highest BCUT2D eigenvalue weighted by molar-refractivity contribution is 7.99. The smallest absolute Gasteiger partial charge is 0.408 e. The molecule has 0 bridgehead atoms. The second-order valence-electron chi connectivity index (χ2n) is 5.95. The minimum atomic E-state index is -0.773. The number of hydrogen-bond acceptors (Lipinski definition) is 8. The Bertz CT molecular complexity index is 563. The average Bonchev–Trinajstić information content (AvgIpc) is 2.47. The minimum absolute atomic E-state index is 0.233. The van der Waals surface area contributed by atoms with Crippen LogP contribution in [-0.4, -0.2) is 52.3 Å². The normalized spacial score (nSPS) is 12.3. The summed E-state index contributed by atoms with van der Waals surface area (Å²) in [6.07, 6.45) is 1.63.